The van der Waals surface area contributed by atoms with Crippen molar-refractivity contribution in [3.8, 4) is 0 Å². The Morgan fingerprint density at radius 2 is 2.29 bits per heavy atom. The zero-order valence-electron chi connectivity index (χ0n) is 10.2. The van der Waals surface area contributed by atoms with Crippen molar-refractivity contribution in [3.05, 3.63) is 24.0 Å². The lowest BCUT2D eigenvalue weighted by atomic mass is 10.2. The van der Waals surface area contributed by atoms with Gasteiger partial charge in [0.15, 0.2) is 5.78 Å². The van der Waals surface area contributed by atoms with Crippen LogP contribution in [0, 0.1) is 0 Å². The standard InChI is InChI=1S/C13H18N2OS/c1-2-13(16)12-5-4-11(10-14-12)15-6-3-8-17-9-7-15/h4-5,10H,2-3,6-9H2,1H3. The highest BCUT2D eigenvalue weighted by Crippen LogP contribution is 2.18. The van der Waals surface area contributed by atoms with E-state index < -0.39 is 0 Å². The van der Waals surface area contributed by atoms with Crippen molar-refractivity contribution >= 4 is 23.2 Å². The maximum Gasteiger partial charge on any atom is 0.180 e. The second-order valence-corrected chi connectivity index (χ2v) is 5.36. The van der Waals surface area contributed by atoms with Crippen LogP contribution < -0.4 is 4.90 Å². The van der Waals surface area contributed by atoms with Gasteiger partial charge >= 0.3 is 0 Å². The van der Waals surface area contributed by atoms with Gasteiger partial charge in [-0.25, -0.2) is 0 Å². The third kappa shape index (κ3) is 3.22. The first-order chi connectivity index (χ1) is 8.31. The number of ketones is 1. The predicted octanol–water partition coefficient (Wildman–Crippen LogP) is 2.62. The summed E-state index contributed by atoms with van der Waals surface area (Å²) in [6, 6.07) is 3.87. The maximum absolute atomic E-state index is 11.5. The lowest BCUT2D eigenvalue weighted by Gasteiger charge is -2.21. The number of thioether (sulfide) groups is 1. The molecule has 3 nitrogen and oxygen atoms in total. The van der Waals surface area contributed by atoms with E-state index in [2.05, 4.69) is 9.88 Å². The molecule has 1 saturated heterocycles. The number of pyridine rings is 1. The summed E-state index contributed by atoms with van der Waals surface area (Å²) in [4.78, 5) is 18.1. The van der Waals surface area contributed by atoms with Crippen molar-refractivity contribution in [2.75, 3.05) is 29.5 Å². The number of anilines is 1. The van der Waals surface area contributed by atoms with Crippen LogP contribution in [0.25, 0.3) is 0 Å². The average molecular weight is 250 g/mol. The molecule has 0 N–H and O–H groups in total. The minimum Gasteiger partial charge on any atom is -0.369 e. The van der Waals surface area contributed by atoms with E-state index in [0.29, 0.717) is 12.1 Å². The molecule has 0 saturated carbocycles. The Kier molecular flexibility index (Phi) is 4.42. The topological polar surface area (TPSA) is 33.2 Å². The second kappa shape index (κ2) is 6.05. The molecule has 1 aromatic rings. The van der Waals surface area contributed by atoms with Crippen LogP contribution in [0.5, 0.6) is 0 Å². The van der Waals surface area contributed by atoms with Gasteiger partial charge in [0.2, 0.25) is 0 Å². The number of nitrogens with zero attached hydrogens (tertiary/aromatic N) is 2. The molecule has 0 aromatic carbocycles. The average Bonchev–Trinajstić information content (AvgIpc) is 2.67. The molecule has 0 spiro atoms. The van der Waals surface area contributed by atoms with Crippen molar-refractivity contribution in [3.63, 3.8) is 0 Å². The van der Waals surface area contributed by atoms with Crippen molar-refractivity contribution in [1.82, 2.24) is 4.98 Å². The normalized spacial score (nSPS) is 16.6. The second-order valence-electron chi connectivity index (χ2n) is 4.13. The fourth-order valence-electron chi connectivity index (χ4n) is 1.92. The largest absolute Gasteiger partial charge is 0.369 e. The van der Waals surface area contributed by atoms with Crippen molar-refractivity contribution < 1.29 is 4.79 Å². The van der Waals surface area contributed by atoms with Gasteiger partial charge in [-0.2, -0.15) is 11.8 Å². The number of hydrogen-bond donors (Lipinski definition) is 0. The molecule has 2 heterocycles. The molecule has 0 unspecified atom stereocenters. The number of hydrogen-bond acceptors (Lipinski definition) is 4. The lowest BCUT2D eigenvalue weighted by Crippen LogP contribution is -2.25. The monoisotopic (exact) mass is 250 g/mol. The van der Waals surface area contributed by atoms with E-state index >= 15 is 0 Å². The summed E-state index contributed by atoms with van der Waals surface area (Å²) in [6.45, 7) is 4.03. The van der Waals surface area contributed by atoms with E-state index in [9.17, 15) is 4.79 Å². The number of carbonyl (C=O) groups excluding carboxylic acids is 1. The van der Waals surface area contributed by atoms with Gasteiger partial charge in [-0.05, 0) is 24.3 Å². The van der Waals surface area contributed by atoms with E-state index in [4.69, 9.17) is 0 Å². The Bertz CT molecular complexity index is 370. The van der Waals surface area contributed by atoms with Crippen LogP contribution in [0.2, 0.25) is 0 Å². The fourth-order valence-corrected chi connectivity index (χ4v) is 2.81. The molecule has 0 amide bonds. The Morgan fingerprint density at radius 1 is 1.41 bits per heavy atom. The zero-order valence-corrected chi connectivity index (χ0v) is 11.0. The van der Waals surface area contributed by atoms with Gasteiger partial charge in [0.1, 0.15) is 5.69 Å². The SMILES string of the molecule is CCC(=O)c1ccc(N2CCCSCC2)cn1. The fraction of sp³-hybridized carbons (Fsp3) is 0.538. The van der Waals surface area contributed by atoms with Crippen LogP contribution in [0.1, 0.15) is 30.3 Å². The van der Waals surface area contributed by atoms with Crippen LogP contribution >= 0.6 is 11.8 Å². The highest BCUT2D eigenvalue weighted by molar-refractivity contribution is 7.99. The molecule has 17 heavy (non-hydrogen) atoms. The molecule has 92 valence electrons. The van der Waals surface area contributed by atoms with Crippen molar-refractivity contribution in [2.45, 2.75) is 19.8 Å². The minimum atomic E-state index is 0.114. The number of aromatic nitrogens is 1. The lowest BCUT2D eigenvalue weighted by molar-refractivity contribution is 0.0983. The van der Waals surface area contributed by atoms with Crippen molar-refractivity contribution in [1.29, 1.82) is 0 Å². The quantitative estimate of drug-likeness (QED) is 0.772. The summed E-state index contributed by atoms with van der Waals surface area (Å²) >= 11 is 2.01. The van der Waals surface area contributed by atoms with Gasteiger partial charge in [-0.3, -0.25) is 9.78 Å². The smallest absolute Gasteiger partial charge is 0.180 e. The van der Waals surface area contributed by atoms with Gasteiger partial charge in [-0.15, -0.1) is 0 Å². The molecular formula is C13H18N2OS. The molecule has 4 heteroatoms. The third-order valence-electron chi connectivity index (χ3n) is 2.94. The molecule has 1 fully saturated rings. The van der Waals surface area contributed by atoms with Crippen molar-refractivity contribution in [2.24, 2.45) is 0 Å². The summed E-state index contributed by atoms with van der Waals surface area (Å²) in [5, 5.41) is 0. The summed E-state index contributed by atoms with van der Waals surface area (Å²) in [7, 11) is 0. The molecule has 0 atom stereocenters. The Morgan fingerprint density at radius 3 is 3.00 bits per heavy atom. The van der Waals surface area contributed by atoms with Gasteiger partial charge in [-0.1, -0.05) is 6.92 Å². The zero-order chi connectivity index (χ0) is 12.1. The summed E-state index contributed by atoms with van der Waals surface area (Å²) in [5.41, 5.74) is 1.72. The Balaban J connectivity index is 2.08. The molecule has 0 aliphatic carbocycles. The number of Topliss-reactive ketones (excluding diaryl/α,β-unsaturated/α-hetero) is 1. The van der Waals surface area contributed by atoms with Gasteiger partial charge < -0.3 is 4.90 Å². The number of carbonyl (C=O) groups is 1. The van der Waals surface area contributed by atoms with E-state index in [1.807, 2.05) is 37.0 Å². The van der Waals surface area contributed by atoms with E-state index in [1.54, 1.807) is 0 Å². The third-order valence-corrected chi connectivity index (χ3v) is 3.99. The minimum absolute atomic E-state index is 0.114. The Hall–Kier alpha value is -1.03. The molecule has 0 bridgehead atoms. The molecule has 1 aliphatic rings. The number of rotatable bonds is 3. The molecule has 1 aliphatic heterocycles. The maximum atomic E-state index is 11.5. The molecule has 0 radical (unpaired) electrons. The van der Waals surface area contributed by atoms with Crippen LogP contribution in [-0.4, -0.2) is 35.4 Å². The van der Waals surface area contributed by atoms with Crippen LogP contribution in [0.4, 0.5) is 5.69 Å². The van der Waals surface area contributed by atoms with Gasteiger partial charge in [0.05, 0.1) is 11.9 Å². The summed E-state index contributed by atoms with van der Waals surface area (Å²) in [6.07, 6.45) is 3.58. The molecule has 2 rings (SSSR count). The highest BCUT2D eigenvalue weighted by Gasteiger charge is 2.11. The summed E-state index contributed by atoms with van der Waals surface area (Å²) < 4.78 is 0. The molecular weight excluding hydrogens is 232 g/mol. The first-order valence-electron chi connectivity index (χ1n) is 6.13. The first kappa shape index (κ1) is 12.4. The van der Waals surface area contributed by atoms with E-state index in [0.717, 1.165) is 18.8 Å². The first-order valence-corrected chi connectivity index (χ1v) is 7.28. The van der Waals surface area contributed by atoms with Gasteiger partial charge in [0.25, 0.3) is 0 Å². The Labute approximate surface area is 107 Å². The van der Waals surface area contributed by atoms with Crippen LogP contribution in [0.15, 0.2) is 18.3 Å². The van der Waals surface area contributed by atoms with E-state index in [-0.39, 0.29) is 5.78 Å². The highest BCUT2D eigenvalue weighted by atomic mass is 32.2. The van der Waals surface area contributed by atoms with Gasteiger partial charge in [0, 0.05) is 25.3 Å². The van der Waals surface area contributed by atoms with Crippen LogP contribution in [-0.2, 0) is 0 Å². The predicted molar refractivity (Wildman–Crippen MR) is 73.0 cm³/mol. The van der Waals surface area contributed by atoms with E-state index in [1.165, 1.54) is 17.9 Å². The summed E-state index contributed by atoms with van der Waals surface area (Å²) in [5.74, 6) is 2.54. The molecule has 1 aromatic heterocycles. The van der Waals surface area contributed by atoms with Crippen LogP contribution in [0.3, 0.4) is 0 Å².